The Labute approximate surface area is 141 Å². The van der Waals surface area contributed by atoms with Crippen LogP contribution in [-0.2, 0) is 9.59 Å². The molecule has 0 unspecified atom stereocenters. The third-order valence-corrected chi connectivity index (χ3v) is 4.28. The van der Waals surface area contributed by atoms with Gasteiger partial charge in [-0.05, 0) is 36.6 Å². The van der Waals surface area contributed by atoms with Crippen molar-refractivity contribution in [3.63, 3.8) is 0 Å². The lowest BCUT2D eigenvalue weighted by Crippen LogP contribution is -2.55. The van der Waals surface area contributed by atoms with Gasteiger partial charge in [-0.15, -0.1) is 0 Å². The van der Waals surface area contributed by atoms with Gasteiger partial charge < -0.3 is 19.9 Å². The van der Waals surface area contributed by atoms with Gasteiger partial charge in [-0.3, -0.25) is 4.79 Å². The molecule has 1 amide bonds. The van der Waals surface area contributed by atoms with E-state index in [-0.39, 0.29) is 0 Å². The van der Waals surface area contributed by atoms with Crippen molar-refractivity contribution in [1.29, 1.82) is 0 Å². The minimum atomic E-state index is -1.15. The largest absolute Gasteiger partial charge is 0.497 e. The Morgan fingerprint density at radius 2 is 1.67 bits per heavy atom. The average Bonchev–Trinajstić information content (AvgIpc) is 2.60. The zero-order chi connectivity index (χ0) is 17.6. The lowest BCUT2D eigenvalue weighted by Gasteiger charge is -2.33. The van der Waals surface area contributed by atoms with Crippen molar-refractivity contribution in [3.05, 3.63) is 29.8 Å². The molecule has 0 atom stereocenters. The van der Waals surface area contributed by atoms with Gasteiger partial charge in [0.2, 0.25) is 5.91 Å². The summed E-state index contributed by atoms with van der Waals surface area (Å²) in [5.41, 5.74) is -0.416. The van der Waals surface area contributed by atoms with Crippen LogP contribution in [0.5, 0.6) is 11.5 Å². The van der Waals surface area contributed by atoms with Crippen molar-refractivity contribution < 1.29 is 24.2 Å². The van der Waals surface area contributed by atoms with Crippen molar-refractivity contribution in [3.8, 4) is 11.5 Å². The van der Waals surface area contributed by atoms with Gasteiger partial charge in [0.1, 0.15) is 17.0 Å². The third kappa shape index (κ3) is 4.28. The highest BCUT2D eigenvalue weighted by atomic mass is 16.5. The molecular weight excluding hydrogens is 310 g/mol. The van der Waals surface area contributed by atoms with Crippen LogP contribution < -0.4 is 14.8 Å². The summed E-state index contributed by atoms with van der Waals surface area (Å²) >= 11 is 0. The summed E-state index contributed by atoms with van der Waals surface area (Å²) in [4.78, 5) is 23.8. The van der Waals surface area contributed by atoms with Crippen molar-refractivity contribution in [2.45, 2.75) is 37.6 Å². The molecule has 0 aliphatic heterocycles. The number of aliphatic carboxylic acids is 1. The molecule has 24 heavy (non-hydrogen) atoms. The smallest absolute Gasteiger partial charge is 0.329 e. The molecule has 1 saturated carbocycles. The molecule has 6 heteroatoms. The topological polar surface area (TPSA) is 84.9 Å². The summed E-state index contributed by atoms with van der Waals surface area (Å²) in [6.45, 7) is 0. The van der Waals surface area contributed by atoms with E-state index in [0.29, 0.717) is 24.3 Å². The van der Waals surface area contributed by atoms with Gasteiger partial charge in [0.05, 0.1) is 14.2 Å². The van der Waals surface area contributed by atoms with Gasteiger partial charge >= 0.3 is 5.97 Å². The van der Waals surface area contributed by atoms with E-state index < -0.39 is 17.4 Å². The molecule has 0 radical (unpaired) electrons. The predicted molar refractivity (Wildman–Crippen MR) is 90.2 cm³/mol. The zero-order valence-electron chi connectivity index (χ0n) is 14.0. The van der Waals surface area contributed by atoms with E-state index in [0.717, 1.165) is 24.8 Å². The molecule has 2 rings (SSSR count). The molecule has 1 aromatic rings. The van der Waals surface area contributed by atoms with Crippen LogP contribution in [0.3, 0.4) is 0 Å². The van der Waals surface area contributed by atoms with E-state index in [2.05, 4.69) is 5.32 Å². The van der Waals surface area contributed by atoms with Crippen molar-refractivity contribution >= 4 is 18.0 Å². The van der Waals surface area contributed by atoms with Gasteiger partial charge in [0.25, 0.3) is 0 Å². The molecule has 1 aliphatic rings. The number of carboxylic acid groups (broad SMARTS) is 1. The SMILES string of the molecule is COc1cc(C=CC(=O)NC2(C(=O)O)CCCCC2)cc(OC)c1. The highest BCUT2D eigenvalue weighted by Gasteiger charge is 2.40. The Morgan fingerprint density at radius 3 is 2.17 bits per heavy atom. The second-order valence-corrected chi connectivity index (χ2v) is 5.92. The van der Waals surface area contributed by atoms with Gasteiger partial charge in [-0.2, -0.15) is 0 Å². The second kappa shape index (κ2) is 7.86. The molecule has 2 N–H and O–H groups in total. The van der Waals surface area contributed by atoms with Crippen LogP contribution in [0, 0.1) is 0 Å². The number of amides is 1. The predicted octanol–water partition coefficient (Wildman–Crippen LogP) is 2.62. The lowest BCUT2D eigenvalue weighted by molar-refractivity contribution is -0.148. The molecule has 130 valence electrons. The van der Waals surface area contributed by atoms with E-state index in [9.17, 15) is 14.7 Å². The van der Waals surface area contributed by atoms with Crippen LogP contribution in [0.1, 0.15) is 37.7 Å². The number of methoxy groups -OCH3 is 2. The van der Waals surface area contributed by atoms with E-state index in [1.807, 2.05) is 0 Å². The fraction of sp³-hybridized carbons (Fsp3) is 0.444. The molecule has 0 spiro atoms. The molecule has 1 fully saturated rings. The first-order valence-electron chi connectivity index (χ1n) is 7.96. The fourth-order valence-electron chi connectivity index (χ4n) is 2.92. The third-order valence-electron chi connectivity index (χ3n) is 4.28. The maximum Gasteiger partial charge on any atom is 0.329 e. The van der Waals surface area contributed by atoms with E-state index in [1.165, 1.54) is 6.08 Å². The maximum absolute atomic E-state index is 12.2. The first-order valence-corrected chi connectivity index (χ1v) is 7.96. The molecule has 6 nitrogen and oxygen atoms in total. The summed E-state index contributed by atoms with van der Waals surface area (Å²) in [5, 5.41) is 12.2. The lowest BCUT2D eigenvalue weighted by atomic mass is 9.81. The first-order chi connectivity index (χ1) is 11.5. The fourth-order valence-corrected chi connectivity index (χ4v) is 2.92. The molecule has 0 bridgehead atoms. The average molecular weight is 333 g/mol. The highest BCUT2D eigenvalue weighted by Crippen LogP contribution is 2.28. The summed E-state index contributed by atoms with van der Waals surface area (Å²) in [5.74, 6) is -0.152. The van der Waals surface area contributed by atoms with E-state index in [4.69, 9.17) is 9.47 Å². The van der Waals surface area contributed by atoms with Crippen LogP contribution in [0.4, 0.5) is 0 Å². The Balaban J connectivity index is 2.11. The van der Waals surface area contributed by atoms with Gasteiger partial charge in [0, 0.05) is 12.1 Å². The Hall–Kier alpha value is -2.50. The number of carboxylic acids is 1. The Bertz CT molecular complexity index is 610. The van der Waals surface area contributed by atoms with Crippen molar-refractivity contribution in [2.75, 3.05) is 14.2 Å². The number of rotatable bonds is 6. The maximum atomic E-state index is 12.2. The van der Waals surface area contributed by atoms with Crippen LogP contribution in [0.25, 0.3) is 6.08 Å². The van der Waals surface area contributed by atoms with Crippen LogP contribution in [-0.4, -0.2) is 36.7 Å². The summed E-state index contributed by atoms with van der Waals surface area (Å²) in [7, 11) is 3.10. The molecule has 0 saturated heterocycles. The van der Waals surface area contributed by atoms with Crippen LogP contribution in [0.15, 0.2) is 24.3 Å². The molecule has 1 aliphatic carbocycles. The zero-order valence-corrected chi connectivity index (χ0v) is 14.0. The molecule has 1 aromatic carbocycles. The van der Waals surface area contributed by atoms with Crippen LogP contribution in [0.2, 0.25) is 0 Å². The van der Waals surface area contributed by atoms with Gasteiger partial charge in [-0.1, -0.05) is 19.3 Å². The quantitative estimate of drug-likeness (QED) is 0.782. The number of benzene rings is 1. The number of carbonyl (C=O) groups is 2. The normalized spacial score (nSPS) is 16.6. The number of nitrogens with one attached hydrogen (secondary N) is 1. The summed E-state index contributed by atoms with van der Waals surface area (Å²) in [6.07, 6.45) is 6.51. The van der Waals surface area contributed by atoms with Crippen molar-refractivity contribution in [2.24, 2.45) is 0 Å². The minimum absolute atomic E-state index is 0.416. The standard InChI is InChI=1S/C18H23NO5/c1-23-14-10-13(11-15(12-14)24-2)6-7-16(20)19-18(17(21)22)8-4-3-5-9-18/h6-7,10-12H,3-5,8-9H2,1-2H3,(H,19,20)(H,21,22). The Kier molecular flexibility index (Phi) is 5.84. The van der Waals surface area contributed by atoms with E-state index in [1.54, 1.807) is 38.5 Å². The molecule has 0 heterocycles. The minimum Gasteiger partial charge on any atom is -0.497 e. The molecule has 0 aromatic heterocycles. The van der Waals surface area contributed by atoms with Gasteiger partial charge in [0.15, 0.2) is 0 Å². The number of carbonyl (C=O) groups excluding carboxylic acids is 1. The highest BCUT2D eigenvalue weighted by molar-refractivity contribution is 5.96. The van der Waals surface area contributed by atoms with E-state index >= 15 is 0 Å². The number of hydrogen-bond acceptors (Lipinski definition) is 4. The summed E-state index contributed by atoms with van der Waals surface area (Å²) in [6, 6.07) is 5.26. The van der Waals surface area contributed by atoms with Crippen LogP contribution >= 0.6 is 0 Å². The number of hydrogen-bond donors (Lipinski definition) is 2. The second-order valence-electron chi connectivity index (χ2n) is 5.92. The monoisotopic (exact) mass is 333 g/mol. The van der Waals surface area contributed by atoms with Gasteiger partial charge in [-0.25, -0.2) is 4.79 Å². The summed E-state index contributed by atoms with van der Waals surface area (Å²) < 4.78 is 10.4. The van der Waals surface area contributed by atoms with Crippen molar-refractivity contribution in [1.82, 2.24) is 5.32 Å². The number of ether oxygens (including phenoxy) is 2. The Morgan fingerprint density at radius 1 is 1.08 bits per heavy atom. The first kappa shape index (κ1) is 17.8. The molecular formula is C18H23NO5.